The molecule has 0 spiro atoms. The monoisotopic (exact) mass is 399 g/mol. The lowest BCUT2D eigenvalue weighted by Gasteiger charge is -2.39. The normalized spacial score (nSPS) is 13.7. The Morgan fingerprint density at radius 3 is 1.75 bits per heavy atom. The molecule has 2 aromatic rings. The molecule has 0 bridgehead atoms. The molecule has 0 amide bonds. The summed E-state index contributed by atoms with van der Waals surface area (Å²) < 4.78 is 6.55. The zero-order chi connectivity index (χ0) is 20.6. The molecule has 2 rings (SSSR count). The Labute approximate surface area is 172 Å². The molecule has 0 saturated carbocycles. The number of benzene rings is 2. The summed E-state index contributed by atoms with van der Waals surface area (Å²) in [6.45, 7) is 13.9. The molecule has 0 aromatic heterocycles. The Hall–Kier alpha value is -1.46. The lowest BCUT2D eigenvalue weighted by Crippen LogP contribution is -2.46. The van der Waals surface area contributed by atoms with Crippen LogP contribution < -0.4 is 0 Å². The van der Waals surface area contributed by atoms with Crippen molar-refractivity contribution in [3.05, 3.63) is 71.8 Å². The second-order valence-electron chi connectivity index (χ2n) is 9.11. The molecule has 0 aliphatic carbocycles. The van der Waals surface area contributed by atoms with E-state index in [2.05, 4.69) is 99.4 Å². The Kier molecular flexibility index (Phi) is 8.44. The molecule has 0 unspecified atom stereocenters. The number of hydrogen-bond donors (Lipinski definition) is 1. The van der Waals surface area contributed by atoms with E-state index in [9.17, 15) is 5.11 Å². The average Bonchev–Trinajstić information content (AvgIpc) is 2.65. The van der Waals surface area contributed by atoms with Crippen molar-refractivity contribution in [1.82, 2.24) is 4.90 Å². The van der Waals surface area contributed by atoms with Gasteiger partial charge in [-0.15, -0.1) is 0 Å². The molecule has 0 fully saturated rings. The highest BCUT2D eigenvalue weighted by molar-refractivity contribution is 6.74. The number of nitrogens with zero attached hydrogens (tertiary/aromatic N) is 1. The molecule has 28 heavy (non-hydrogen) atoms. The van der Waals surface area contributed by atoms with Gasteiger partial charge < -0.3 is 9.53 Å². The van der Waals surface area contributed by atoms with E-state index in [1.54, 1.807) is 0 Å². The van der Waals surface area contributed by atoms with Crippen molar-refractivity contribution in [2.24, 2.45) is 0 Å². The van der Waals surface area contributed by atoms with Crippen molar-refractivity contribution < 1.29 is 9.53 Å². The minimum absolute atomic E-state index is 0.172. The standard InChI is InChI=1S/C24H37NO2Si/c1-24(2,3)28(4,5)27-20-23(16-17-26)25(18-21-12-8-6-9-13-21)19-22-14-10-7-11-15-22/h6-15,23,26H,16-20H2,1-5H3/t23-/m0/s1. The topological polar surface area (TPSA) is 32.7 Å². The summed E-state index contributed by atoms with van der Waals surface area (Å²) in [4.78, 5) is 2.45. The third kappa shape index (κ3) is 6.85. The van der Waals surface area contributed by atoms with Crippen LogP contribution in [0, 0.1) is 0 Å². The van der Waals surface area contributed by atoms with Crippen LogP contribution in [0.3, 0.4) is 0 Å². The molecule has 0 aliphatic rings. The quantitative estimate of drug-likeness (QED) is 0.538. The first-order chi connectivity index (χ1) is 13.2. The molecule has 154 valence electrons. The number of hydrogen-bond acceptors (Lipinski definition) is 3. The summed E-state index contributed by atoms with van der Waals surface area (Å²) >= 11 is 0. The van der Waals surface area contributed by atoms with Gasteiger partial charge in [0.15, 0.2) is 8.32 Å². The van der Waals surface area contributed by atoms with E-state index in [0.29, 0.717) is 13.0 Å². The van der Waals surface area contributed by atoms with E-state index < -0.39 is 8.32 Å². The van der Waals surface area contributed by atoms with Gasteiger partial charge >= 0.3 is 0 Å². The SMILES string of the molecule is CC(C)(C)[Si](C)(C)OC[C@H](CCO)N(Cc1ccccc1)Cc1ccccc1. The van der Waals surface area contributed by atoms with Crippen LogP contribution in [0.5, 0.6) is 0 Å². The Morgan fingerprint density at radius 2 is 1.36 bits per heavy atom. The Balaban J connectivity index is 2.20. The number of aliphatic hydroxyl groups excluding tert-OH is 1. The van der Waals surface area contributed by atoms with Crippen LogP contribution in [-0.2, 0) is 17.5 Å². The lowest BCUT2D eigenvalue weighted by atomic mass is 10.1. The van der Waals surface area contributed by atoms with Gasteiger partial charge in [0.2, 0.25) is 0 Å². The largest absolute Gasteiger partial charge is 0.415 e. The molecule has 0 aliphatic heterocycles. The van der Waals surface area contributed by atoms with Crippen LogP contribution >= 0.6 is 0 Å². The van der Waals surface area contributed by atoms with Gasteiger partial charge in [-0.05, 0) is 35.7 Å². The first kappa shape index (κ1) is 22.8. The second-order valence-corrected chi connectivity index (χ2v) is 13.9. The van der Waals surface area contributed by atoms with Crippen molar-refractivity contribution in [3.8, 4) is 0 Å². The van der Waals surface area contributed by atoms with Gasteiger partial charge in [-0.2, -0.15) is 0 Å². The Bertz CT molecular complexity index is 641. The van der Waals surface area contributed by atoms with Gasteiger partial charge in [-0.25, -0.2) is 0 Å². The fraction of sp³-hybridized carbons (Fsp3) is 0.500. The molecule has 0 heterocycles. The van der Waals surface area contributed by atoms with Gasteiger partial charge in [-0.3, -0.25) is 4.90 Å². The zero-order valence-corrected chi connectivity index (χ0v) is 19.2. The minimum Gasteiger partial charge on any atom is -0.415 e. The zero-order valence-electron chi connectivity index (χ0n) is 18.2. The fourth-order valence-corrected chi connectivity index (χ4v) is 4.03. The summed E-state index contributed by atoms with van der Waals surface area (Å²) in [7, 11) is -1.83. The highest BCUT2D eigenvalue weighted by Gasteiger charge is 2.38. The molecule has 2 aromatic carbocycles. The molecule has 1 atom stereocenters. The molecular weight excluding hydrogens is 362 g/mol. The molecule has 4 heteroatoms. The maximum atomic E-state index is 9.74. The smallest absolute Gasteiger partial charge is 0.192 e. The van der Waals surface area contributed by atoms with Crippen molar-refractivity contribution in [2.45, 2.75) is 64.5 Å². The first-order valence-electron chi connectivity index (χ1n) is 10.3. The number of aliphatic hydroxyl groups is 1. The van der Waals surface area contributed by atoms with Crippen LogP contribution in [0.25, 0.3) is 0 Å². The van der Waals surface area contributed by atoms with Gasteiger partial charge in [-0.1, -0.05) is 81.4 Å². The van der Waals surface area contributed by atoms with Crippen LogP contribution in [-0.4, -0.2) is 37.6 Å². The van der Waals surface area contributed by atoms with Crippen LogP contribution in [0.4, 0.5) is 0 Å². The van der Waals surface area contributed by atoms with Gasteiger partial charge in [0.05, 0.1) is 0 Å². The van der Waals surface area contributed by atoms with Gasteiger partial charge in [0.1, 0.15) is 0 Å². The minimum atomic E-state index is -1.83. The number of rotatable bonds is 10. The third-order valence-corrected chi connectivity index (χ3v) is 10.4. The molecular formula is C24H37NO2Si. The second kappa shape index (κ2) is 10.4. The van der Waals surface area contributed by atoms with Crippen molar-refractivity contribution in [3.63, 3.8) is 0 Å². The van der Waals surface area contributed by atoms with Crippen molar-refractivity contribution >= 4 is 8.32 Å². The first-order valence-corrected chi connectivity index (χ1v) is 13.2. The highest BCUT2D eigenvalue weighted by Crippen LogP contribution is 2.36. The van der Waals surface area contributed by atoms with Crippen LogP contribution in [0.15, 0.2) is 60.7 Å². The van der Waals surface area contributed by atoms with E-state index >= 15 is 0 Å². The summed E-state index contributed by atoms with van der Waals surface area (Å²) in [5.74, 6) is 0. The summed E-state index contributed by atoms with van der Waals surface area (Å²) in [6, 6.07) is 21.3. The maximum absolute atomic E-state index is 9.74. The van der Waals surface area contributed by atoms with Gasteiger partial charge in [0.25, 0.3) is 0 Å². The van der Waals surface area contributed by atoms with E-state index in [4.69, 9.17) is 4.43 Å². The lowest BCUT2D eigenvalue weighted by molar-refractivity contribution is 0.0913. The maximum Gasteiger partial charge on any atom is 0.192 e. The Morgan fingerprint density at radius 1 is 0.893 bits per heavy atom. The molecule has 1 N–H and O–H groups in total. The van der Waals surface area contributed by atoms with E-state index in [0.717, 1.165) is 13.1 Å². The third-order valence-electron chi connectivity index (χ3n) is 5.88. The summed E-state index contributed by atoms with van der Waals surface area (Å²) in [6.07, 6.45) is 0.717. The van der Waals surface area contributed by atoms with E-state index in [-0.39, 0.29) is 17.7 Å². The molecule has 3 nitrogen and oxygen atoms in total. The summed E-state index contributed by atoms with van der Waals surface area (Å²) in [5.41, 5.74) is 2.57. The van der Waals surface area contributed by atoms with Crippen LogP contribution in [0.2, 0.25) is 18.1 Å². The van der Waals surface area contributed by atoms with Crippen molar-refractivity contribution in [1.29, 1.82) is 0 Å². The highest BCUT2D eigenvalue weighted by atomic mass is 28.4. The summed E-state index contributed by atoms with van der Waals surface area (Å²) in [5, 5.41) is 9.92. The van der Waals surface area contributed by atoms with Crippen LogP contribution in [0.1, 0.15) is 38.3 Å². The molecule has 0 saturated heterocycles. The average molecular weight is 400 g/mol. The van der Waals surface area contributed by atoms with E-state index in [1.165, 1.54) is 11.1 Å². The van der Waals surface area contributed by atoms with E-state index in [1.807, 2.05) is 0 Å². The predicted molar refractivity (Wildman–Crippen MR) is 121 cm³/mol. The predicted octanol–water partition coefficient (Wildman–Crippen LogP) is 5.46. The van der Waals surface area contributed by atoms with Crippen molar-refractivity contribution in [2.75, 3.05) is 13.2 Å². The van der Waals surface area contributed by atoms with Gasteiger partial charge in [0, 0.05) is 32.3 Å². The molecule has 0 radical (unpaired) electrons. The fourth-order valence-electron chi connectivity index (χ4n) is 2.99.